The van der Waals surface area contributed by atoms with Gasteiger partial charge in [-0.1, -0.05) is 22.0 Å². The van der Waals surface area contributed by atoms with E-state index in [0.717, 1.165) is 22.9 Å². The van der Waals surface area contributed by atoms with Gasteiger partial charge in [-0.15, -0.1) is 0 Å². The summed E-state index contributed by atoms with van der Waals surface area (Å²) in [6.07, 6.45) is 1.94. The number of fused-ring (bicyclic) bond motifs is 1. The summed E-state index contributed by atoms with van der Waals surface area (Å²) in [5.74, 6) is 0.0376. The molecular weight excluding hydrogens is 468 g/mol. The third kappa shape index (κ3) is 3.63. The molecule has 3 aromatic rings. The molecule has 1 aliphatic rings. The second-order valence-electron chi connectivity index (χ2n) is 7.70. The highest BCUT2D eigenvalue weighted by atomic mass is 79.9. The molecule has 0 radical (unpaired) electrons. The molecule has 1 aliphatic heterocycles. The zero-order chi connectivity index (χ0) is 21.6. The summed E-state index contributed by atoms with van der Waals surface area (Å²) < 4.78 is 36.1. The van der Waals surface area contributed by atoms with Gasteiger partial charge in [0.2, 0.25) is 0 Å². The molecule has 1 aromatic heterocycles. The minimum absolute atomic E-state index is 0.0704. The highest BCUT2D eigenvalue weighted by Gasteiger charge is 2.30. The fourth-order valence-corrected chi connectivity index (χ4v) is 5.79. The number of nitrogens with zero attached hydrogens (tertiary/aromatic N) is 1. The van der Waals surface area contributed by atoms with Crippen molar-refractivity contribution in [2.24, 2.45) is 0 Å². The number of carbonyl (C=O) groups excluding carboxylic acids is 1. The van der Waals surface area contributed by atoms with Crippen molar-refractivity contribution in [3.8, 4) is 0 Å². The molecule has 6 nitrogen and oxygen atoms in total. The number of hydrogen-bond acceptors (Lipinski definition) is 4. The highest BCUT2D eigenvalue weighted by molar-refractivity contribution is 9.10. The van der Waals surface area contributed by atoms with E-state index in [2.05, 4.69) is 20.7 Å². The van der Waals surface area contributed by atoms with Crippen LogP contribution in [0.25, 0.3) is 11.0 Å². The van der Waals surface area contributed by atoms with Crippen molar-refractivity contribution in [3.63, 3.8) is 0 Å². The van der Waals surface area contributed by atoms with Crippen LogP contribution in [0, 0.1) is 20.8 Å². The van der Waals surface area contributed by atoms with Gasteiger partial charge in [0.05, 0.1) is 0 Å². The molecule has 0 bridgehead atoms. The normalized spacial score (nSPS) is 14.5. The standard InChI is InChI=1S/C22H23BrN2O4S/c1-13-11-18-15(3)19(22(26)25-9-4-5-10-25)29-20(18)21(14(13)2)30(27,28)24-17-8-6-7-16(23)12-17/h6-8,11-12,24H,4-5,9-10H2,1-3H3. The van der Waals surface area contributed by atoms with Crippen LogP contribution in [0.1, 0.15) is 40.1 Å². The molecule has 2 heterocycles. The Bertz CT molecular complexity index is 1260. The van der Waals surface area contributed by atoms with E-state index in [-0.39, 0.29) is 22.1 Å². The summed E-state index contributed by atoms with van der Waals surface area (Å²) in [5, 5.41) is 0.648. The second kappa shape index (κ2) is 7.74. The Morgan fingerprint density at radius 1 is 1.10 bits per heavy atom. The molecule has 8 heteroatoms. The van der Waals surface area contributed by atoms with Gasteiger partial charge in [0.15, 0.2) is 11.3 Å². The smallest absolute Gasteiger partial charge is 0.289 e. The molecule has 0 saturated carbocycles. The van der Waals surface area contributed by atoms with Crippen LogP contribution in [0.15, 0.2) is 44.1 Å². The molecule has 4 rings (SSSR count). The van der Waals surface area contributed by atoms with E-state index in [1.807, 2.05) is 26.0 Å². The lowest BCUT2D eigenvalue weighted by atomic mass is 10.0. The van der Waals surface area contributed by atoms with E-state index in [9.17, 15) is 13.2 Å². The average Bonchev–Trinajstić information content (AvgIpc) is 3.31. The summed E-state index contributed by atoms with van der Waals surface area (Å²) in [4.78, 5) is 14.8. The SMILES string of the molecule is Cc1cc2c(C)c(C(=O)N3CCCC3)oc2c(S(=O)(=O)Nc2cccc(Br)c2)c1C. The van der Waals surface area contributed by atoms with Crippen LogP contribution in [0.3, 0.4) is 0 Å². The molecule has 0 atom stereocenters. The second-order valence-corrected chi connectivity index (χ2v) is 10.2. The van der Waals surface area contributed by atoms with E-state index in [0.29, 0.717) is 35.3 Å². The lowest BCUT2D eigenvalue weighted by Gasteiger charge is -2.13. The Morgan fingerprint density at radius 2 is 1.80 bits per heavy atom. The van der Waals surface area contributed by atoms with Crippen LogP contribution in [-0.2, 0) is 10.0 Å². The van der Waals surface area contributed by atoms with E-state index >= 15 is 0 Å². The zero-order valence-corrected chi connectivity index (χ0v) is 19.5. The van der Waals surface area contributed by atoms with E-state index in [4.69, 9.17) is 4.42 Å². The molecule has 1 fully saturated rings. The Balaban J connectivity index is 1.87. The fourth-order valence-electron chi connectivity index (χ4n) is 3.89. The molecule has 0 unspecified atom stereocenters. The van der Waals surface area contributed by atoms with Crippen LogP contribution in [0.4, 0.5) is 5.69 Å². The van der Waals surface area contributed by atoms with Gasteiger partial charge < -0.3 is 9.32 Å². The molecule has 1 saturated heterocycles. The van der Waals surface area contributed by atoms with Crippen molar-refractivity contribution in [2.45, 2.75) is 38.5 Å². The number of carbonyl (C=O) groups is 1. The molecule has 30 heavy (non-hydrogen) atoms. The first-order valence-electron chi connectivity index (χ1n) is 9.80. The van der Waals surface area contributed by atoms with Crippen molar-refractivity contribution in [1.82, 2.24) is 4.90 Å². The lowest BCUT2D eigenvalue weighted by Crippen LogP contribution is -2.27. The number of amides is 1. The number of hydrogen-bond donors (Lipinski definition) is 1. The Hall–Kier alpha value is -2.32. The van der Waals surface area contributed by atoms with Gasteiger partial charge in [-0.25, -0.2) is 8.42 Å². The zero-order valence-electron chi connectivity index (χ0n) is 17.1. The first-order chi connectivity index (χ1) is 14.2. The Labute approximate surface area is 184 Å². The molecule has 1 amide bonds. The number of aryl methyl sites for hydroxylation is 2. The third-order valence-corrected chi connectivity index (χ3v) is 7.65. The maximum Gasteiger partial charge on any atom is 0.289 e. The predicted molar refractivity (Wildman–Crippen MR) is 121 cm³/mol. The van der Waals surface area contributed by atoms with Crippen LogP contribution in [0.2, 0.25) is 0 Å². The van der Waals surface area contributed by atoms with E-state index in [1.54, 1.807) is 30.0 Å². The molecule has 0 aliphatic carbocycles. The predicted octanol–water partition coefficient (Wildman–Crippen LogP) is 5.16. The number of sulfonamides is 1. The van der Waals surface area contributed by atoms with Crippen LogP contribution >= 0.6 is 15.9 Å². The van der Waals surface area contributed by atoms with Crippen molar-refractivity contribution >= 4 is 48.5 Å². The maximum atomic E-state index is 13.4. The Kier molecular flexibility index (Phi) is 5.40. The first-order valence-corrected chi connectivity index (χ1v) is 12.1. The number of benzene rings is 2. The third-order valence-electron chi connectivity index (χ3n) is 5.63. The van der Waals surface area contributed by atoms with E-state index in [1.165, 1.54) is 0 Å². The van der Waals surface area contributed by atoms with Gasteiger partial charge in [0.25, 0.3) is 15.9 Å². The number of likely N-dealkylation sites (tertiary alicyclic amines) is 1. The van der Waals surface area contributed by atoms with Crippen molar-refractivity contribution < 1.29 is 17.6 Å². The fraction of sp³-hybridized carbons (Fsp3) is 0.318. The maximum absolute atomic E-state index is 13.4. The van der Waals surface area contributed by atoms with Crippen LogP contribution in [0.5, 0.6) is 0 Å². The van der Waals surface area contributed by atoms with Gasteiger partial charge in [-0.2, -0.15) is 0 Å². The molecule has 1 N–H and O–H groups in total. The van der Waals surface area contributed by atoms with Crippen molar-refractivity contribution in [1.29, 1.82) is 0 Å². The van der Waals surface area contributed by atoms with E-state index < -0.39 is 10.0 Å². The number of halogens is 1. The lowest BCUT2D eigenvalue weighted by molar-refractivity contribution is 0.0762. The molecular formula is C22H23BrN2O4S. The summed E-state index contributed by atoms with van der Waals surface area (Å²) in [6, 6.07) is 8.84. The van der Waals surface area contributed by atoms with Gasteiger partial charge in [-0.3, -0.25) is 9.52 Å². The largest absolute Gasteiger partial charge is 0.449 e. The van der Waals surface area contributed by atoms with Gasteiger partial charge in [-0.05, 0) is 69.0 Å². The van der Waals surface area contributed by atoms with Crippen molar-refractivity contribution in [3.05, 3.63) is 57.3 Å². The molecule has 0 spiro atoms. The number of anilines is 1. The van der Waals surface area contributed by atoms with Gasteiger partial charge in [0.1, 0.15) is 4.90 Å². The summed E-state index contributed by atoms with van der Waals surface area (Å²) in [5.41, 5.74) is 2.75. The van der Waals surface area contributed by atoms with Gasteiger partial charge in [0, 0.05) is 34.2 Å². The average molecular weight is 491 g/mol. The van der Waals surface area contributed by atoms with Crippen LogP contribution < -0.4 is 4.72 Å². The number of nitrogens with one attached hydrogen (secondary N) is 1. The Morgan fingerprint density at radius 3 is 2.47 bits per heavy atom. The quantitative estimate of drug-likeness (QED) is 0.547. The summed E-state index contributed by atoms with van der Waals surface area (Å²) in [7, 11) is -3.95. The minimum atomic E-state index is -3.95. The highest BCUT2D eigenvalue weighted by Crippen LogP contribution is 2.36. The number of furan rings is 1. The molecule has 158 valence electrons. The summed E-state index contributed by atoms with van der Waals surface area (Å²) >= 11 is 3.36. The first kappa shape index (κ1) is 20.9. The summed E-state index contributed by atoms with van der Waals surface area (Å²) in [6.45, 7) is 6.82. The van der Waals surface area contributed by atoms with Crippen LogP contribution in [-0.4, -0.2) is 32.3 Å². The topological polar surface area (TPSA) is 79.6 Å². The van der Waals surface area contributed by atoms with Gasteiger partial charge >= 0.3 is 0 Å². The monoisotopic (exact) mass is 490 g/mol. The number of rotatable bonds is 4. The minimum Gasteiger partial charge on any atom is -0.449 e. The van der Waals surface area contributed by atoms with Crippen molar-refractivity contribution in [2.75, 3.05) is 17.8 Å². The molecule has 2 aromatic carbocycles.